The second-order valence-electron chi connectivity index (χ2n) is 6.35. The van der Waals surface area contributed by atoms with Crippen molar-refractivity contribution in [1.29, 1.82) is 0 Å². The Bertz CT molecular complexity index is 1260. The van der Waals surface area contributed by atoms with Crippen molar-refractivity contribution in [2.75, 3.05) is 12.4 Å². The molecule has 30 heavy (non-hydrogen) atoms. The Morgan fingerprint density at radius 3 is 2.57 bits per heavy atom. The fraction of sp³-hybridized carbons (Fsp3) is 0.100. The predicted octanol–water partition coefficient (Wildman–Crippen LogP) is 3.30. The highest BCUT2D eigenvalue weighted by atomic mass is 32.2. The van der Waals surface area contributed by atoms with Crippen LogP contribution in [0.2, 0.25) is 0 Å². The van der Waals surface area contributed by atoms with Crippen molar-refractivity contribution < 1.29 is 21.9 Å². The molecule has 10 heteroatoms. The van der Waals surface area contributed by atoms with Gasteiger partial charge in [-0.3, -0.25) is 0 Å². The number of anilines is 1. The van der Waals surface area contributed by atoms with E-state index in [2.05, 4.69) is 20.0 Å². The molecule has 7 nitrogen and oxygen atoms in total. The van der Waals surface area contributed by atoms with Gasteiger partial charge >= 0.3 is 0 Å². The van der Waals surface area contributed by atoms with E-state index in [1.165, 1.54) is 37.4 Å². The molecule has 0 unspecified atom stereocenters. The van der Waals surface area contributed by atoms with Gasteiger partial charge in [0.25, 0.3) is 10.0 Å². The highest BCUT2D eigenvalue weighted by Gasteiger charge is 2.29. The van der Waals surface area contributed by atoms with Crippen molar-refractivity contribution in [3.63, 3.8) is 0 Å². The molecule has 3 aromatic rings. The maximum atomic E-state index is 14.4. The summed E-state index contributed by atoms with van der Waals surface area (Å²) >= 11 is 0. The van der Waals surface area contributed by atoms with Crippen LogP contribution in [0.1, 0.15) is 5.69 Å². The van der Waals surface area contributed by atoms with E-state index < -0.39 is 21.7 Å². The number of aromatic nitrogens is 1. The van der Waals surface area contributed by atoms with Crippen molar-refractivity contribution >= 4 is 21.7 Å². The fourth-order valence-electron chi connectivity index (χ4n) is 3.04. The molecule has 0 saturated heterocycles. The lowest BCUT2D eigenvalue weighted by molar-refractivity contribution is 0.396. The van der Waals surface area contributed by atoms with Gasteiger partial charge in [0.05, 0.1) is 25.0 Å². The molecule has 2 heterocycles. The summed E-state index contributed by atoms with van der Waals surface area (Å²) in [5, 5.41) is 2.88. The number of methoxy groups -OCH3 is 1. The molecule has 0 fully saturated rings. The van der Waals surface area contributed by atoms with Crippen LogP contribution in [0.5, 0.6) is 5.88 Å². The first-order valence-corrected chi connectivity index (χ1v) is 10.3. The van der Waals surface area contributed by atoms with Crippen LogP contribution in [0.25, 0.3) is 11.1 Å². The monoisotopic (exact) mass is 430 g/mol. The van der Waals surface area contributed by atoms with Crippen LogP contribution in [0.3, 0.4) is 0 Å². The molecule has 0 spiro atoms. The Morgan fingerprint density at radius 1 is 1.03 bits per heavy atom. The van der Waals surface area contributed by atoms with Gasteiger partial charge in [-0.15, -0.1) is 0 Å². The van der Waals surface area contributed by atoms with Crippen LogP contribution in [-0.2, 0) is 16.6 Å². The van der Waals surface area contributed by atoms with Crippen LogP contribution in [-0.4, -0.2) is 26.5 Å². The molecule has 1 aliphatic heterocycles. The molecule has 154 valence electrons. The maximum absolute atomic E-state index is 14.4. The molecule has 0 radical (unpaired) electrons. The van der Waals surface area contributed by atoms with Gasteiger partial charge in [-0.1, -0.05) is 30.3 Å². The largest absolute Gasteiger partial charge is 0.481 e. The van der Waals surface area contributed by atoms with Crippen LogP contribution < -0.4 is 14.8 Å². The van der Waals surface area contributed by atoms with Crippen LogP contribution in [0.15, 0.2) is 64.5 Å². The van der Waals surface area contributed by atoms with Crippen molar-refractivity contribution in [2.24, 2.45) is 4.99 Å². The number of fused-ring (bicyclic) bond motifs is 1. The van der Waals surface area contributed by atoms with E-state index in [-0.39, 0.29) is 34.2 Å². The van der Waals surface area contributed by atoms with Gasteiger partial charge in [0.15, 0.2) is 11.6 Å². The van der Waals surface area contributed by atoms with E-state index in [0.29, 0.717) is 11.6 Å². The molecule has 2 aromatic carbocycles. The van der Waals surface area contributed by atoms with E-state index in [1.807, 2.05) is 0 Å². The second-order valence-corrected chi connectivity index (χ2v) is 8.00. The number of aliphatic imine (C=N–C) groups is 1. The van der Waals surface area contributed by atoms with Crippen molar-refractivity contribution in [3.8, 4) is 17.0 Å². The summed E-state index contributed by atoms with van der Waals surface area (Å²) in [5.74, 6) is -1.75. The number of hydrogen-bond donors (Lipinski definition) is 2. The van der Waals surface area contributed by atoms with Gasteiger partial charge in [0, 0.05) is 17.2 Å². The van der Waals surface area contributed by atoms with Gasteiger partial charge in [-0.05, 0) is 18.2 Å². The third-order valence-electron chi connectivity index (χ3n) is 4.42. The quantitative estimate of drug-likeness (QED) is 0.663. The molecular formula is C20H16F2N4O3S. The number of ether oxygens (including phenoxy) is 1. The van der Waals surface area contributed by atoms with Crippen LogP contribution in [0, 0.1) is 11.6 Å². The van der Waals surface area contributed by atoms with Gasteiger partial charge in [-0.25, -0.2) is 31.9 Å². The minimum Gasteiger partial charge on any atom is -0.481 e. The average Bonchev–Trinajstić information content (AvgIpc) is 2.74. The van der Waals surface area contributed by atoms with E-state index >= 15 is 0 Å². The number of sulfonamides is 1. The number of halogens is 2. The number of benzene rings is 2. The van der Waals surface area contributed by atoms with Crippen molar-refractivity contribution in [2.45, 2.75) is 11.4 Å². The zero-order valence-corrected chi connectivity index (χ0v) is 16.5. The predicted molar refractivity (Wildman–Crippen MR) is 108 cm³/mol. The molecule has 0 aliphatic carbocycles. The van der Waals surface area contributed by atoms with E-state index in [1.54, 1.807) is 18.2 Å². The Morgan fingerprint density at radius 2 is 1.77 bits per heavy atom. The highest BCUT2D eigenvalue weighted by Crippen LogP contribution is 2.37. The SMILES string of the molecule is COc1cccc(CN=C2Nc3c(-c4cccc(F)c4F)cccc3S(=O)(=O)N2)n1. The van der Waals surface area contributed by atoms with E-state index in [9.17, 15) is 17.2 Å². The van der Waals surface area contributed by atoms with Gasteiger partial charge in [0.2, 0.25) is 11.8 Å². The summed E-state index contributed by atoms with van der Waals surface area (Å²) < 4.78 is 60.9. The first-order valence-electron chi connectivity index (χ1n) is 8.80. The number of pyridine rings is 1. The lowest BCUT2D eigenvalue weighted by Crippen LogP contribution is -2.41. The van der Waals surface area contributed by atoms with Gasteiger partial charge in [0.1, 0.15) is 4.90 Å². The normalized spacial score (nSPS) is 15.8. The Labute approximate surface area is 171 Å². The van der Waals surface area contributed by atoms with Gasteiger partial charge < -0.3 is 10.1 Å². The number of hydrogen-bond acceptors (Lipinski definition) is 5. The summed E-state index contributed by atoms with van der Waals surface area (Å²) in [4.78, 5) is 8.35. The third-order valence-corrected chi connectivity index (χ3v) is 5.80. The van der Waals surface area contributed by atoms with E-state index in [4.69, 9.17) is 4.74 Å². The number of rotatable bonds is 4. The average molecular weight is 430 g/mol. The molecular weight excluding hydrogens is 414 g/mol. The summed E-state index contributed by atoms with van der Waals surface area (Å²) in [6.07, 6.45) is 0. The number of para-hydroxylation sites is 1. The number of nitrogens with one attached hydrogen (secondary N) is 2. The molecule has 0 amide bonds. The second kappa shape index (κ2) is 7.71. The maximum Gasteiger partial charge on any atom is 0.266 e. The number of guanidine groups is 1. The summed E-state index contributed by atoms with van der Waals surface area (Å²) in [6, 6.07) is 13.2. The highest BCUT2D eigenvalue weighted by molar-refractivity contribution is 7.90. The minimum absolute atomic E-state index is 0.0589. The zero-order chi connectivity index (χ0) is 21.3. The summed E-state index contributed by atoms with van der Waals surface area (Å²) in [6.45, 7) is 0.0634. The lowest BCUT2D eigenvalue weighted by Gasteiger charge is -2.24. The molecule has 0 saturated carbocycles. The third kappa shape index (κ3) is 3.69. The minimum atomic E-state index is -3.97. The molecule has 0 bridgehead atoms. The standard InChI is InChI=1S/C20H16F2N4O3S/c1-29-17-10-2-5-12(24-17)11-23-20-25-19-14(13-6-3-8-15(21)18(13)22)7-4-9-16(19)30(27,28)26-20/h2-10H,11H2,1H3,(H2,23,25,26). The molecule has 1 aliphatic rings. The van der Waals surface area contributed by atoms with Crippen LogP contribution in [0.4, 0.5) is 14.5 Å². The first-order chi connectivity index (χ1) is 14.4. The lowest BCUT2D eigenvalue weighted by atomic mass is 10.0. The van der Waals surface area contributed by atoms with Crippen molar-refractivity contribution in [1.82, 2.24) is 9.71 Å². The van der Waals surface area contributed by atoms with Crippen LogP contribution >= 0.6 is 0 Å². The first kappa shape index (κ1) is 19.8. The molecule has 1 aromatic heterocycles. The molecule has 0 atom stereocenters. The summed E-state index contributed by atoms with van der Waals surface area (Å²) in [7, 11) is -2.48. The Kier molecular flexibility index (Phi) is 5.08. The topological polar surface area (TPSA) is 92.7 Å². The smallest absolute Gasteiger partial charge is 0.266 e. The number of nitrogens with zero attached hydrogens (tertiary/aromatic N) is 2. The summed E-state index contributed by atoms with van der Waals surface area (Å²) in [5.41, 5.74) is 0.795. The van der Waals surface area contributed by atoms with E-state index in [0.717, 1.165) is 6.07 Å². The zero-order valence-electron chi connectivity index (χ0n) is 15.7. The molecule has 2 N–H and O–H groups in total. The fourth-order valence-corrected chi connectivity index (χ4v) is 4.21. The van der Waals surface area contributed by atoms with Gasteiger partial charge in [-0.2, -0.15) is 0 Å². The Balaban J connectivity index is 1.75. The molecule has 4 rings (SSSR count). The van der Waals surface area contributed by atoms with Crippen molar-refractivity contribution in [3.05, 3.63) is 71.9 Å². The Hall–Kier alpha value is -3.53.